The number of nitrogens with zero attached hydrogens (tertiary/aromatic N) is 2. The third-order valence-electron chi connectivity index (χ3n) is 5.59. The quantitative estimate of drug-likeness (QED) is 0.646. The van der Waals surface area contributed by atoms with E-state index in [2.05, 4.69) is 16.0 Å². The lowest BCUT2D eigenvalue weighted by Gasteiger charge is -2.33. The summed E-state index contributed by atoms with van der Waals surface area (Å²) in [7, 11) is 0. The highest BCUT2D eigenvalue weighted by Crippen LogP contribution is 2.25. The normalized spacial score (nSPS) is 22.3. The number of hydrogen-bond donors (Lipinski definition) is 3. The molecule has 8 heteroatoms. The number of benzene rings is 1. The number of nitrogens with one attached hydrogen (secondary N) is 1. The number of ether oxygens (including phenoxy) is 1. The number of carbonyl (C=O) groups excluding carboxylic acids is 1. The number of rotatable bonds is 5. The number of carbonyl (C=O) groups is 2. The average molecular weight is 403 g/mol. The highest BCUT2D eigenvalue weighted by molar-refractivity contribution is 5.84. The van der Waals surface area contributed by atoms with Crippen molar-refractivity contribution in [1.29, 1.82) is 0 Å². The molecule has 2 saturated heterocycles. The molecule has 1 atom stereocenters. The first kappa shape index (κ1) is 21.3. The molecule has 1 aromatic heterocycles. The molecular formula is C21H29N3O5. The Morgan fingerprint density at radius 2 is 1.97 bits per heavy atom. The smallest absolute Gasteiger partial charge is 0.290 e. The summed E-state index contributed by atoms with van der Waals surface area (Å²) in [4.78, 5) is 28.3. The Morgan fingerprint density at radius 3 is 2.72 bits per heavy atom. The number of aromatic amines is 1. The monoisotopic (exact) mass is 403 g/mol. The molecule has 0 spiro atoms. The summed E-state index contributed by atoms with van der Waals surface area (Å²) in [6.45, 7) is 4.63. The SMILES string of the molecule is O=C(CCc1c[nH]c2ccccc12)N1CCC(O)(CN2CCOCC2)C1.O=CO. The molecule has 0 radical (unpaired) electrons. The standard InChI is InChI=1S/C20H27N3O3.CH2O2/c24-19(6-5-16-13-21-18-4-2-1-3-17(16)18)23-8-7-20(25,15-23)14-22-9-11-26-12-10-22;2-1-3/h1-4,13,21,25H,5-12,14-15H2;1H,(H,2,3). The molecule has 2 aromatic rings. The molecular weight excluding hydrogens is 374 g/mol. The van der Waals surface area contributed by atoms with Crippen LogP contribution >= 0.6 is 0 Å². The number of para-hydroxylation sites is 1. The molecule has 0 bridgehead atoms. The van der Waals surface area contributed by atoms with Crippen LogP contribution in [-0.4, -0.2) is 88.9 Å². The van der Waals surface area contributed by atoms with Gasteiger partial charge in [0.25, 0.3) is 6.47 Å². The van der Waals surface area contributed by atoms with Gasteiger partial charge in [-0.3, -0.25) is 14.5 Å². The first-order chi connectivity index (χ1) is 14.0. The fraction of sp³-hybridized carbons (Fsp3) is 0.524. The Labute approximate surface area is 170 Å². The Bertz CT molecular complexity index is 818. The van der Waals surface area contributed by atoms with E-state index in [4.69, 9.17) is 14.6 Å². The van der Waals surface area contributed by atoms with Gasteiger partial charge in [0, 0.05) is 49.7 Å². The molecule has 1 aromatic carbocycles. The van der Waals surface area contributed by atoms with Crippen LogP contribution in [0.4, 0.5) is 0 Å². The number of likely N-dealkylation sites (tertiary alicyclic amines) is 1. The van der Waals surface area contributed by atoms with Crippen LogP contribution in [0.1, 0.15) is 18.4 Å². The maximum atomic E-state index is 12.6. The molecule has 2 aliphatic rings. The zero-order chi connectivity index (χ0) is 20.7. The van der Waals surface area contributed by atoms with Crippen molar-refractivity contribution >= 4 is 23.3 Å². The predicted molar refractivity (Wildman–Crippen MR) is 109 cm³/mol. The number of aromatic nitrogens is 1. The second-order valence-electron chi connectivity index (χ2n) is 7.64. The molecule has 158 valence electrons. The van der Waals surface area contributed by atoms with Gasteiger partial charge in [0.15, 0.2) is 0 Å². The van der Waals surface area contributed by atoms with Gasteiger partial charge in [-0.2, -0.15) is 0 Å². The van der Waals surface area contributed by atoms with Crippen molar-refractivity contribution in [2.75, 3.05) is 45.9 Å². The van der Waals surface area contributed by atoms with Gasteiger partial charge >= 0.3 is 0 Å². The average Bonchev–Trinajstić information content (AvgIpc) is 3.31. The van der Waals surface area contributed by atoms with Gasteiger partial charge in [0.05, 0.1) is 25.4 Å². The topological polar surface area (TPSA) is 106 Å². The molecule has 1 amide bonds. The third-order valence-corrected chi connectivity index (χ3v) is 5.59. The largest absolute Gasteiger partial charge is 0.483 e. The zero-order valence-corrected chi connectivity index (χ0v) is 16.5. The Balaban J connectivity index is 0.000000755. The summed E-state index contributed by atoms with van der Waals surface area (Å²) in [5.74, 6) is 0.133. The summed E-state index contributed by atoms with van der Waals surface area (Å²) in [5.41, 5.74) is 1.50. The number of carboxylic acid groups (broad SMARTS) is 1. The summed E-state index contributed by atoms with van der Waals surface area (Å²) >= 11 is 0. The number of β-amino-alcohol motifs (C(OH)–C–C–N with tert-alkyl or cyclic N) is 1. The van der Waals surface area contributed by atoms with Gasteiger partial charge in [-0.25, -0.2) is 0 Å². The minimum Gasteiger partial charge on any atom is -0.483 e. The number of aliphatic hydroxyl groups is 1. The van der Waals surface area contributed by atoms with E-state index < -0.39 is 5.60 Å². The van der Waals surface area contributed by atoms with Crippen molar-refractivity contribution in [2.45, 2.75) is 24.9 Å². The lowest BCUT2D eigenvalue weighted by molar-refractivity contribution is -0.131. The molecule has 3 N–H and O–H groups in total. The van der Waals surface area contributed by atoms with Crippen LogP contribution in [0, 0.1) is 0 Å². The van der Waals surface area contributed by atoms with Crippen LogP contribution < -0.4 is 0 Å². The molecule has 8 nitrogen and oxygen atoms in total. The number of morpholine rings is 1. The van der Waals surface area contributed by atoms with Gasteiger partial charge in [0.1, 0.15) is 0 Å². The minimum absolute atomic E-state index is 0.133. The fourth-order valence-electron chi connectivity index (χ4n) is 4.11. The Hall–Kier alpha value is -2.42. The highest BCUT2D eigenvalue weighted by atomic mass is 16.5. The van der Waals surface area contributed by atoms with Crippen molar-refractivity contribution in [1.82, 2.24) is 14.8 Å². The van der Waals surface area contributed by atoms with Crippen LogP contribution in [0.25, 0.3) is 10.9 Å². The van der Waals surface area contributed by atoms with Crippen LogP contribution in [0.3, 0.4) is 0 Å². The first-order valence-electron chi connectivity index (χ1n) is 9.98. The molecule has 0 saturated carbocycles. The molecule has 1 unspecified atom stereocenters. The summed E-state index contributed by atoms with van der Waals surface area (Å²) in [6.07, 6.45) is 3.86. The van der Waals surface area contributed by atoms with E-state index >= 15 is 0 Å². The molecule has 3 heterocycles. The predicted octanol–water partition coefficient (Wildman–Crippen LogP) is 1.10. The van der Waals surface area contributed by atoms with Gasteiger partial charge in [-0.1, -0.05) is 18.2 Å². The van der Waals surface area contributed by atoms with E-state index in [1.807, 2.05) is 29.3 Å². The van der Waals surface area contributed by atoms with Gasteiger partial charge in [-0.15, -0.1) is 0 Å². The van der Waals surface area contributed by atoms with Crippen LogP contribution in [0.5, 0.6) is 0 Å². The number of fused-ring (bicyclic) bond motifs is 1. The molecule has 4 rings (SSSR count). The van der Waals surface area contributed by atoms with Crippen LogP contribution in [-0.2, 0) is 20.7 Å². The second-order valence-corrected chi connectivity index (χ2v) is 7.64. The van der Waals surface area contributed by atoms with E-state index in [0.717, 1.165) is 38.2 Å². The zero-order valence-electron chi connectivity index (χ0n) is 16.5. The van der Waals surface area contributed by atoms with E-state index in [-0.39, 0.29) is 12.4 Å². The van der Waals surface area contributed by atoms with E-state index in [0.29, 0.717) is 32.5 Å². The molecule has 2 aliphatic heterocycles. The van der Waals surface area contributed by atoms with E-state index in [1.165, 1.54) is 10.9 Å². The van der Waals surface area contributed by atoms with Gasteiger partial charge in [0.2, 0.25) is 5.91 Å². The maximum Gasteiger partial charge on any atom is 0.290 e. The van der Waals surface area contributed by atoms with Crippen molar-refractivity contribution in [3.05, 3.63) is 36.0 Å². The number of aryl methyl sites for hydroxylation is 1. The number of amides is 1. The lowest BCUT2D eigenvalue weighted by atomic mass is 10.0. The van der Waals surface area contributed by atoms with Crippen LogP contribution in [0.2, 0.25) is 0 Å². The summed E-state index contributed by atoms with van der Waals surface area (Å²) in [6, 6.07) is 8.16. The van der Waals surface area contributed by atoms with Gasteiger partial charge in [-0.05, 0) is 24.5 Å². The fourth-order valence-corrected chi connectivity index (χ4v) is 4.11. The van der Waals surface area contributed by atoms with E-state index in [9.17, 15) is 9.90 Å². The maximum absolute atomic E-state index is 12.6. The molecule has 29 heavy (non-hydrogen) atoms. The number of H-pyrrole nitrogens is 1. The van der Waals surface area contributed by atoms with Crippen molar-refractivity contribution in [2.24, 2.45) is 0 Å². The summed E-state index contributed by atoms with van der Waals surface area (Å²) < 4.78 is 5.36. The number of hydrogen-bond acceptors (Lipinski definition) is 5. The summed E-state index contributed by atoms with van der Waals surface area (Å²) in [5, 5.41) is 18.9. The van der Waals surface area contributed by atoms with E-state index in [1.54, 1.807) is 0 Å². The molecule has 2 fully saturated rings. The lowest BCUT2D eigenvalue weighted by Crippen LogP contribution is -2.49. The van der Waals surface area contributed by atoms with Crippen molar-refractivity contribution in [3.63, 3.8) is 0 Å². The second kappa shape index (κ2) is 9.87. The van der Waals surface area contributed by atoms with Crippen molar-refractivity contribution in [3.8, 4) is 0 Å². The highest BCUT2D eigenvalue weighted by Gasteiger charge is 2.39. The third kappa shape index (κ3) is 5.56. The Morgan fingerprint density at radius 1 is 1.24 bits per heavy atom. The van der Waals surface area contributed by atoms with Crippen LogP contribution in [0.15, 0.2) is 30.5 Å². The molecule has 0 aliphatic carbocycles. The van der Waals surface area contributed by atoms with Gasteiger partial charge < -0.3 is 24.8 Å². The minimum atomic E-state index is -0.784. The van der Waals surface area contributed by atoms with Crippen molar-refractivity contribution < 1.29 is 24.5 Å². The first-order valence-corrected chi connectivity index (χ1v) is 9.98. The Kier molecular flexibility index (Phi) is 7.24.